The highest BCUT2D eigenvalue weighted by molar-refractivity contribution is 5.95. The van der Waals surface area contributed by atoms with Gasteiger partial charge in [-0.2, -0.15) is 14.3 Å². The summed E-state index contributed by atoms with van der Waals surface area (Å²) < 4.78 is 3.28. The van der Waals surface area contributed by atoms with Gasteiger partial charge >= 0.3 is 0 Å². The van der Waals surface area contributed by atoms with Crippen molar-refractivity contribution < 1.29 is 4.79 Å². The summed E-state index contributed by atoms with van der Waals surface area (Å²) in [6.07, 6.45) is 1.94. The van der Waals surface area contributed by atoms with E-state index in [-0.39, 0.29) is 11.8 Å². The van der Waals surface area contributed by atoms with E-state index < -0.39 is 0 Å². The number of aromatic nitrogens is 6. The number of nitrogens with one attached hydrogen (secondary N) is 1. The van der Waals surface area contributed by atoms with Crippen molar-refractivity contribution in [2.75, 3.05) is 5.32 Å². The summed E-state index contributed by atoms with van der Waals surface area (Å²) in [5.41, 5.74) is 6.12. The number of fused-ring (bicyclic) bond motifs is 2. The number of aryl methyl sites for hydroxylation is 3. The Kier molecular flexibility index (Phi) is 3.55. The van der Waals surface area contributed by atoms with Gasteiger partial charge in [-0.05, 0) is 44.0 Å². The van der Waals surface area contributed by atoms with Crippen LogP contribution in [0.4, 0.5) is 5.82 Å². The smallest absolute Gasteiger partial charge is 0.226 e. The Labute approximate surface area is 161 Å². The van der Waals surface area contributed by atoms with Gasteiger partial charge in [0.2, 0.25) is 5.91 Å². The predicted molar refractivity (Wildman–Crippen MR) is 104 cm³/mol. The highest BCUT2D eigenvalue weighted by Crippen LogP contribution is 2.41. The van der Waals surface area contributed by atoms with Gasteiger partial charge in [0, 0.05) is 17.9 Å². The lowest BCUT2D eigenvalue weighted by molar-refractivity contribution is -0.116. The quantitative estimate of drug-likeness (QED) is 0.583. The molecule has 1 amide bonds. The molecule has 3 aromatic heterocycles. The van der Waals surface area contributed by atoms with Crippen LogP contribution in [0.25, 0.3) is 11.5 Å². The van der Waals surface area contributed by atoms with Crippen LogP contribution in [-0.2, 0) is 4.79 Å². The van der Waals surface area contributed by atoms with Crippen LogP contribution in [0.3, 0.4) is 0 Å². The SMILES string of the molecule is Cc1ccc(C2CC(=O)Nc3c2c(C)nn3-c2ccc3nncn3n2)c(C)c1. The molecular formula is C20H19N7O. The lowest BCUT2D eigenvalue weighted by Gasteiger charge is -2.25. The average molecular weight is 373 g/mol. The van der Waals surface area contributed by atoms with E-state index in [1.807, 2.05) is 19.1 Å². The molecule has 0 aliphatic carbocycles. The molecular weight excluding hydrogens is 354 g/mol. The van der Waals surface area contributed by atoms with Crippen molar-refractivity contribution >= 4 is 17.4 Å². The molecule has 0 spiro atoms. The van der Waals surface area contributed by atoms with Crippen LogP contribution < -0.4 is 5.32 Å². The molecule has 4 heterocycles. The Morgan fingerprint density at radius 3 is 2.79 bits per heavy atom. The fourth-order valence-electron chi connectivity index (χ4n) is 4.03. The van der Waals surface area contributed by atoms with E-state index in [2.05, 4.69) is 52.7 Å². The number of carbonyl (C=O) groups is 1. The van der Waals surface area contributed by atoms with Gasteiger partial charge in [-0.1, -0.05) is 23.8 Å². The van der Waals surface area contributed by atoms with Crippen LogP contribution in [0, 0.1) is 20.8 Å². The van der Waals surface area contributed by atoms with Crippen LogP contribution in [-0.4, -0.2) is 35.5 Å². The Morgan fingerprint density at radius 1 is 1.11 bits per heavy atom. The normalized spacial score (nSPS) is 16.2. The van der Waals surface area contributed by atoms with E-state index >= 15 is 0 Å². The molecule has 1 atom stereocenters. The topological polar surface area (TPSA) is 90.0 Å². The van der Waals surface area contributed by atoms with Crippen LogP contribution in [0.15, 0.2) is 36.7 Å². The molecule has 0 radical (unpaired) electrons. The third kappa shape index (κ3) is 2.49. The Hall–Kier alpha value is -3.55. The molecule has 28 heavy (non-hydrogen) atoms. The van der Waals surface area contributed by atoms with Gasteiger partial charge in [-0.15, -0.1) is 15.3 Å². The highest BCUT2D eigenvalue weighted by atomic mass is 16.1. The maximum atomic E-state index is 12.6. The summed E-state index contributed by atoms with van der Waals surface area (Å²) in [6.45, 7) is 6.14. The van der Waals surface area contributed by atoms with E-state index in [1.54, 1.807) is 15.5 Å². The number of benzene rings is 1. The van der Waals surface area contributed by atoms with Crippen LogP contribution >= 0.6 is 0 Å². The van der Waals surface area contributed by atoms with E-state index in [0.717, 1.165) is 16.8 Å². The molecule has 5 rings (SSSR count). The van der Waals surface area contributed by atoms with Crippen LogP contribution in [0.5, 0.6) is 0 Å². The minimum absolute atomic E-state index is 0.0241. The zero-order valence-corrected chi connectivity index (χ0v) is 15.8. The summed E-state index contributed by atoms with van der Waals surface area (Å²) in [7, 11) is 0. The molecule has 0 saturated carbocycles. The van der Waals surface area contributed by atoms with Gasteiger partial charge in [0.05, 0.1) is 5.69 Å². The highest BCUT2D eigenvalue weighted by Gasteiger charge is 2.33. The van der Waals surface area contributed by atoms with Gasteiger partial charge in [-0.3, -0.25) is 4.79 Å². The lowest BCUT2D eigenvalue weighted by Crippen LogP contribution is -2.25. The molecule has 1 N–H and O–H groups in total. The summed E-state index contributed by atoms with van der Waals surface area (Å²) in [6, 6.07) is 10.0. The van der Waals surface area contributed by atoms with Crippen molar-refractivity contribution in [3.05, 3.63) is 64.6 Å². The van der Waals surface area contributed by atoms with Crippen molar-refractivity contribution in [2.45, 2.75) is 33.1 Å². The zero-order chi connectivity index (χ0) is 19.4. The first-order valence-corrected chi connectivity index (χ1v) is 9.15. The standard InChI is InChI=1S/C20H19N7O/c1-11-4-5-14(12(2)8-11)15-9-18(28)22-20-19(15)13(3)24-27(20)17-7-6-16-23-21-10-26(16)25-17/h4-8,10,15H,9H2,1-3H3,(H,22,28). The second-order valence-corrected chi connectivity index (χ2v) is 7.25. The second-order valence-electron chi connectivity index (χ2n) is 7.25. The first-order chi connectivity index (χ1) is 13.5. The second kappa shape index (κ2) is 5.98. The molecule has 0 bridgehead atoms. The van der Waals surface area contributed by atoms with Crippen molar-refractivity contribution in [3.63, 3.8) is 0 Å². The predicted octanol–water partition coefficient (Wildman–Crippen LogP) is 2.71. The Morgan fingerprint density at radius 2 is 1.96 bits per heavy atom. The maximum Gasteiger partial charge on any atom is 0.226 e. The molecule has 1 unspecified atom stereocenters. The van der Waals surface area contributed by atoms with E-state index in [9.17, 15) is 4.79 Å². The van der Waals surface area contributed by atoms with E-state index in [0.29, 0.717) is 23.7 Å². The minimum Gasteiger partial charge on any atom is -0.310 e. The van der Waals surface area contributed by atoms with Crippen molar-refractivity contribution in [2.24, 2.45) is 0 Å². The third-order valence-electron chi connectivity index (χ3n) is 5.27. The number of carbonyl (C=O) groups excluding carboxylic acids is 1. The number of anilines is 1. The molecule has 1 aromatic carbocycles. The largest absolute Gasteiger partial charge is 0.310 e. The van der Waals surface area contributed by atoms with Crippen molar-refractivity contribution in [1.82, 2.24) is 29.6 Å². The van der Waals surface area contributed by atoms with Gasteiger partial charge in [0.15, 0.2) is 11.5 Å². The van der Waals surface area contributed by atoms with Gasteiger partial charge in [0.1, 0.15) is 12.1 Å². The van der Waals surface area contributed by atoms with Gasteiger partial charge < -0.3 is 5.32 Å². The number of hydrogen-bond donors (Lipinski definition) is 1. The fraction of sp³-hybridized carbons (Fsp3) is 0.250. The summed E-state index contributed by atoms with van der Waals surface area (Å²) >= 11 is 0. The number of nitrogens with zero attached hydrogens (tertiary/aromatic N) is 6. The van der Waals surface area contributed by atoms with Crippen LogP contribution in [0.2, 0.25) is 0 Å². The molecule has 8 heteroatoms. The van der Waals surface area contributed by atoms with Crippen molar-refractivity contribution in [3.8, 4) is 5.82 Å². The molecule has 8 nitrogen and oxygen atoms in total. The number of amides is 1. The molecule has 0 fully saturated rings. The summed E-state index contributed by atoms with van der Waals surface area (Å²) in [5.74, 6) is 1.22. The average Bonchev–Trinajstić information content (AvgIpc) is 3.25. The molecule has 0 saturated heterocycles. The van der Waals surface area contributed by atoms with Crippen molar-refractivity contribution in [1.29, 1.82) is 0 Å². The summed E-state index contributed by atoms with van der Waals surface area (Å²) in [5, 5.41) is 20.1. The lowest BCUT2D eigenvalue weighted by atomic mass is 9.83. The van der Waals surface area contributed by atoms with E-state index in [4.69, 9.17) is 5.10 Å². The fourth-order valence-corrected chi connectivity index (χ4v) is 4.03. The van der Waals surface area contributed by atoms with Crippen LogP contribution in [0.1, 0.15) is 40.3 Å². The molecule has 1 aliphatic heterocycles. The summed E-state index contributed by atoms with van der Waals surface area (Å²) in [4.78, 5) is 12.6. The molecule has 140 valence electrons. The van der Waals surface area contributed by atoms with Gasteiger partial charge in [0.25, 0.3) is 0 Å². The number of rotatable bonds is 2. The third-order valence-corrected chi connectivity index (χ3v) is 5.27. The number of hydrogen-bond acceptors (Lipinski definition) is 5. The zero-order valence-electron chi connectivity index (χ0n) is 15.8. The molecule has 4 aromatic rings. The Balaban J connectivity index is 1.69. The van der Waals surface area contributed by atoms with Gasteiger partial charge in [-0.25, -0.2) is 0 Å². The first-order valence-electron chi connectivity index (χ1n) is 9.15. The molecule has 1 aliphatic rings. The first kappa shape index (κ1) is 16.6. The monoisotopic (exact) mass is 373 g/mol. The van der Waals surface area contributed by atoms with E-state index in [1.165, 1.54) is 11.1 Å². The minimum atomic E-state index is -0.0308. The maximum absolute atomic E-state index is 12.6. The Bertz CT molecular complexity index is 1240.